The van der Waals surface area contributed by atoms with Crippen LogP contribution in [-0.2, 0) is 11.3 Å². The molecule has 0 spiro atoms. The Morgan fingerprint density at radius 3 is 2.56 bits per heavy atom. The molecule has 0 aliphatic carbocycles. The van der Waals surface area contributed by atoms with Crippen molar-refractivity contribution >= 4 is 11.7 Å². The standard InChI is InChI=1S/C20H19N5O2/c26-20(21-15-9-5-2-6-10-15)24-11-16-18(12-24)27-13-17-19(22-23-25(16)17)14-7-3-1-4-8-14/h1-10,16,18H,11-13H2,(H,21,26)/t16-,18?/m1/s1. The van der Waals surface area contributed by atoms with Crippen LogP contribution in [-0.4, -0.2) is 45.1 Å². The number of nitrogens with zero attached hydrogens (tertiary/aromatic N) is 4. The highest BCUT2D eigenvalue weighted by Crippen LogP contribution is 2.34. The Morgan fingerprint density at radius 2 is 1.78 bits per heavy atom. The van der Waals surface area contributed by atoms with Crippen molar-refractivity contribution in [2.75, 3.05) is 18.4 Å². The molecule has 27 heavy (non-hydrogen) atoms. The lowest BCUT2D eigenvalue weighted by atomic mass is 10.1. The van der Waals surface area contributed by atoms with E-state index in [1.54, 1.807) is 4.90 Å². The van der Waals surface area contributed by atoms with Gasteiger partial charge in [0.1, 0.15) is 5.69 Å². The molecule has 2 amide bonds. The number of nitrogens with one attached hydrogen (secondary N) is 1. The normalized spacial score (nSPS) is 20.8. The molecule has 1 fully saturated rings. The molecule has 136 valence electrons. The summed E-state index contributed by atoms with van der Waals surface area (Å²) >= 11 is 0. The molecule has 7 heteroatoms. The van der Waals surface area contributed by atoms with Gasteiger partial charge in [0.25, 0.3) is 0 Å². The summed E-state index contributed by atoms with van der Waals surface area (Å²) in [4.78, 5) is 14.4. The van der Waals surface area contributed by atoms with Crippen molar-refractivity contribution in [3.05, 3.63) is 66.4 Å². The largest absolute Gasteiger partial charge is 0.368 e. The van der Waals surface area contributed by atoms with Crippen LogP contribution in [0.3, 0.4) is 0 Å². The number of ether oxygens (including phenoxy) is 1. The van der Waals surface area contributed by atoms with Crippen molar-refractivity contribution in [2.24, 2.45) is 0 Å². The third-order valence-corrected chi connectivity index (χ3v) is 5.14. The van der Waals surface area contributed by atoms with Gasteiger partial charge in [-0.15, -0.1) is 5.10 Å². The number of rotatable bonds is 2. The number of urea groups is 1. The number of benzene rings is 2. The second-order valence-electron chi connectivity index (χ2n) is 6.81. The predicted octanol–water partition coefficient (Wildman–Crippen LogP) is 2.93. The highest BCUT2D eigenvalue weighted by atomic mass is 16.5. The van der Waals surface area contributed by atoms with E-state index in [-0.39, 0.29) is 18.2 Å². The van der Waals surface area contributed by atoms with Crippen LogP contribution < -0.4 is 5.32 Å². The molecule has 3 heterocycles. The molecule has 2 aromatic carbocycles. The van der Waals surface area contributed by atoms with Gasteiger partial charge in [0.2, 0.25) is 0 Å². The fourth-order valence-electron chi connectivity index (χ4n) is 3.77. The SMILES string of the molecule is O=C(Nc1ccccc1)N1CC2OCc3c(-c4ccccc4)nnn3[C@@H]2C1. The minimum atomic E-state index is -0.121. The van der Waals surface area contributed by atoms with E-state index in [0.29, 0.717) is 19.7 Å². The fraction of sp³-hybridized carbons (Fsp3) is 0.250. The molecule has 0 saturated carbocycles. The topological polar surface area (TPSA) is 72.3 Å². The van der Waals surface area contributed by atoms with E-state index in [4.69, 9.17) is 4.74 Å². The number of fused-ring (bicyclic) bond motifs is 3. The number of anilines is 1. The number of hydrogen-bond donors (Lipinski definition) is 1. The van der Waals surface area contributed by atoms with Crippen molar-refractivity contribution in [3.8, 4) is 11.3 Å². The first-order valence-electron chi connectivity index (χ1n) is 9.01. The maximum absolute atomic E-state index is 12.6. The maximum atomic E-state index is 12.6. The van der Waals surface area contributed by atoms with Crippen LogP contribution in [0.4, 0.5) is 10.5 Å². The minimum Gasteiger partial charge on any atom is -0.368 e. The smallest absolute Gasteiger partial charge is 0.322 e. The number of hydrogen-bond acceptors (Lipinski definition) is 4. The van der Waals surface area contributed by atoms with Crippen molar-refractivity contribution in [2.45, 2.75) is 18.8 Å². The van der Waals surface area contributed by atoms with Crippen molar-refractivity contribution in [3.63, 3.8) is 0 Å². The Balaban J connectivity index is 1.36. The molecule has 7 nitrogen and oxygen atoms in total. The Kier molecular flexibility index (Phi) is 3.86. The zero-order valence-corrected chi connectivity index (χ0v) is 14.7. The lowest BCUT2D eigenvalue weighted by Crippen LogP contribution is -2.34. The van der Waals surface area contributed by atoms with Gasteiger partial charge in [0, 0.05) is 17.8 Å². The van der Waals surface area contributed by atoms with Gasteiger partial charge < -0.3 is 15.0 Å². The Hall–Kier alpha value is -3.19. The van der Waals surface area contributed by atoms with Gasteiger partial charge in [-0.25, -0.2) is 9.48 Å². The number of carbonyl (C=O) groups is 1. The van der Waals surface area contributed by atoms with Crippen molar-refractivity contribution in [1.82, 2.24) is 19.9 Å². The van der Waals surface area contributed by atoms with Crippen LogP contribution in [0.25, 0.3) is 11.3 Å². The predicted molar refractivity (Wildman–Crippen MR) is 100 cm³/mol. The molecular weight excluding hydrogens is 342 g/mol. The quantitative estimate of drug-likeness (QED) is 0.762. The lowest BCUT2D eigenvalue weighted by molar-refractivity contribution is -0.00406. The first kappa shape index (κ1) is 16.0. The fourth-order valence-corrected chi connectivity index (χ4v) is 3.77. The van der Waals surface area contributed by atoms with E-state index in [1.807, 2.05) is 65.3 Å². The molecule has 0 radical (unpaired) electrons. The average molecular weight is 361 g/mol. The second-order valence-corrected chi connectivity index (χ2v) is 6.81. The zero-order chi connectivity index (χ0) is 18.2. The summed E-state index contributed by atoms with van der Waals surface area (Å²) in [5.74, 6) is 0. The minimum absolute atomic E-state index is 0.0137. The summed E-state index contributed by atoms with van der Waals surface area (Å²) in [5.41, 5.74) is 3.62. The number of amides is 2. The summed E-state index contributed by atoms with van der Waals surface area (Å²) < 4.78 is 7.99. The van der Waals surface area contributed by atoms with Crippen LogP contribution in [0.1, 0.15) is 11.7 Å². The zero-order valence-electron chi connectivity index (χ0n) is 14.7. The molecule has 5 rings (SSSR count). The molecular formula is C20H19N5O2. The van der Waals surface area contributed by atoms with Crippen LogP contribution >= 0.6 is 0 Å². The molecule has 1 unspecified atom stereocenters. The Bertz CT molecular complexity index is 957. The number of likely N-dealkylation sites (tertiary alicyclic amines) is 1. The first-order valence-corrected chi connectivity index (χ1v) is 9.01. The summed E-state index contributed by atoms with van der Waals surface area (Å²) in [6, 6.07) is 19.3. The number of para-hydroxylation sites is 1. The summed E-state index contributed by atoms with van der Waals surface area (Å²) in [6.07, 6.45) is -0.0654. The number of carbonyl (C=O) groups excluding carboxylic acids is 1. The molecule has 1 N–H and O–H groups in total. The van der Waals surface area contributed by atoms with E-state index in [2.05, 4.69) is 15.6 Å². The maximum Gasteiger partial charge on any atom is 0.322 e. The van der Waals surface area contributed by atoms with Crippen LogP contribution in [0.15, 0.2) is 60.7 Å². The van der Waals surface area contributed by atoms with E-state index in [9.17, 15) is 4.79 Å². The molecule has 1 aromatic heterocycles. The molecule has 2 atom stereocenters. The third-order valence-electron chi connectivity index (χ3n) is 5.14. The third kappa shape index (κ3) is 2.86. The molecule has 1 saturated heterocycles. The first-order chi connectivity index (χ1) is 13.3. The van der Waals surface area contributed by atoms with E-state index >= 15 is 0 Å². The lowest BCUT2D eigenvalue weighted by Gasteiger charge is -2.26. The van der Waals surface area contributed by atoms with E-state index in [0.717, 1.165) is 22.6 Å². The van der Waals surface area contributed by atoms with Gasteiger partial charge in [0.15, 0.2) is 0 Å². The monoisotopic (exact) mass is 361 g/mol. The number of aromatic nitrogens is 3. The summed E-state index contributed by atoms with van der Waals surface area (Å²) in [6.45, 7) is 1.55. The highest BCUT2D eigenvalue weighted by molar-refractivity contribution is 5.89. The van der Waals surface area contributed by atoms with Gasteiger partial charge in [-0.05, 0) is 12.1 Å². The van der Waals surface area contributed by atoms with Gasteiger partial charge in [-0.3, -0.25) is 0 Å². The average Bonchev–Trinajstić information content (AvgIpc) is 3.33. The van der Waals surface area contributed by atoms with Crippen LogP contribution in [0.5, 0.6) is 0 Å². The van der Waals surface area contributed by atoms with E-state index in [1.165, 1.54) is 0 Å². The van der Waals surface area contributed by atoms with Crippen molar-refractivity contribution in [1.29, 1.82) is 0 Å². The summed E-state index contributed by atoms with van der Waals surface area (Å²) in [7, 11) is 0. The second kappa shape index (κ2) is 6.51. The van der Waals surface area contributed by atoms with Gasteiger partial charge in [-0.1, -0.05) is 53.7 Å². The van der Waals surface area contributed by atoms with Crippen LogP contribution in [0.2, 0.25) is 0 Å². The Morgan fingerprint density at radius 1 is 1.04 bits per heavy atom. The molecule has 0 bridgehead atoms. The molecule has 3 aromatic rings. The molecule has 2 aliphatic rings. The van der Waals surface area contributed by atoms with E-state index < -0.39 is 0 Å². The summed E-state index contributed by atoms with van der Waals surface area (Å²) in [5, 5.41) is 11.7. The van der Waals surface area contributed by atoms with Gasteiger partial charge in [-0.2, -0.15) is 0 Å². The van der Waals surface area contributed by atoms with Crippen molar-refractivity contribution < 1.29 is 9.53 Å². The highest BCUT2D eigenvalue weighted by Gasteiger charge is 2.42. The van der Waals surface area contributed by atoms with Gasteiger partial charge in [0.05, 0.1) is 31.0 Å². The Labute approximate surface area is 156 Å². The van der Waals surface area contributed by atoms with Gasteiger partial charge >= 0.3 is 6.03 Å². The van der Waals surface area contributed by atoms with Crippen LogP contribution in [0, 0.1) is 0 Å². The molecule has 2 aliphatic heterocycles.